The van der Waals surface area contributed by atoms with Crippen molar-refractivity contribution in [3.05, 3.63) is 53.6 Å². The van der Waals surface area contributed by atoms with Gasteiger partial charge in [-0.25, -0.2) is 0 Å². The largest absolute Gasteiger partial charge is 0.497 e. The number of carbonyl (C=O) groups is 2. The van der Waals surface area contributed by atoms with E-state index >= 15 is 0 Å². The van der Waals surface area contributed by atoms with Crippen molar-refractivity contribution in [3.63, 3.8) is 0 Å². The molecule has 0 spiro atoms. The zero-order valence-corrected chi connectivity index (χ0v) is 22.9. The summed E-state index contributed by atoms with van der Waals surface area (Å²) in [5, 5.41) is 3.31. The van der Waals surface area contributed by atoms with Gasteiger partial charge in [0.2, 0.25) is 5.91 Å². The standard InChI is InChI=1S/C31H42N2O5/c1-23-7-6-16-33(21-23)22-26(19-24-10-15-29-30(20-24)38-18-17-37-29)32-31(35)9-5-3-4-8-28(34)25-11-13-27(36-2)14-12-25/h10-15,20,23,26H,3-9,16-19,21-22H2,1-2H3,(H,32,35)/t23?,26-/m0/s1. The number of carbonyl (C=O) groups excluding carboxylic acids is 2. The molecule has 2 aliphatic rings. The molecule has 1 amide bonds. The first kappa shape index (κ1) is 28.0. The molecule has 2 heterocycles. The quantitative estimate of drug-likeness (QED) is 0.293. The van der Waals surface area contributed by atoms with Crippen LogP contribution in [-0.4, -0.2) is 62.6 Å². The van der Waals surface area contributed by atoms with Crippen LogP contribution < -0.4 is 19.5 Å². The fourth-order valence-corrected chi connectivity index (χ4v) is 5.39. The topological polar surface area (TPSA) is 77.1 Å². The molecule has 4 rings (SSSR count). The van der Waals surface area contributed by atoms with Gasteiger partial charge in [0.15, 0.2) is 17.3 Å². The minimum absolute atomic E-state index is 0.0343. The zero-order valence-electron chi connectivity index (χ0n) is 22.9. The minimum Gasteiger partial charge on any atom is -0.497 e. The molecule has 0 aliphatic carbocycles. The van der Waals surface area contributed by atoms with Gasteiger partial charge in [-0.1, -0.05) is 19.4 Å². The van der Waals surface area contributed by atoms with Gasteiger partial charge in [-0.3, -0.25) is 9.59 Å². The van der Waals surface area contributed by atoms with Gasteiger partial charge in [-0.2, -0.15) is 0 Å². The highest BCUT2D eigenvalue weighted by atomic mass is 16.6. The monoisotopic (exact) mass is 522 g/mol. The van der Waals surface area contributed by atoms with Gasteiger partial charge in [0.25, 0.3) is 0 Å². The molecule has 1 fully saturated rings. The van der Waals surface area contributed by atoms with Crippen LogP contribution in [0.1, 0.15) is 67.8 Å². The Morgan fingerprint density at radius 2 is 1.79 bits per heavy atom. The van der Waals surface area contributed by atoms with Crippen LogP contribution >= 0.6 is 0 Å². The summed E-state index contributed by atoms with van der Waals surface area (Å²) >= 11 is 0. The summed E-state index contributed by atoms with van der Waals surface area (Å²) in [5.41, 5.74) is 1.85. The number of rotatable bonds is 13. The van der Waals surface area contributed by atoms with Gasteiger partial charge in [-0.15, -0.1) is 0 Å². The Balaban J connectivity index is 1.24. The molecule has 1 saturated heterocycles. The van der Waals surface area contributed by atoms with Crippen LogP contribution in [0.25, 0.3) is 0 Å². The molecular formula is C31H42N2O5. The maximum atomic E-state index is 12.9. The van der Waals surface area contributed by atoms with E-state index < -0.39 is 0 Å². The van der Waals surface area contributed by atoms with Crippen molar-refractivity contribution in [2.45, 2.75) is 64.3 Å². The van der Waals surface area contributed by atoms with Gasteiger partial charge in [0.1, 0.15) is 19.0 Å². The first-order chi connectivity index (χ1) is 18.5. The molecule has 0 saturated carbocycles. The van der Waals surface area contributed by atoms with E-state index in [-0.39, 0.29) is 17.7 Å². The molecule has 2 aromatic rings. The highest BCUT2D eigenvalue weighted by molar-refractivity contribution is 5.96. The second-order valence-electron chi connectivity index (χ2n) is 10.7. The van der Waals surface area contributed by atoms with Crippen molar-refractivity contribution in [2.75, 3.05) is 40.0 Å². The van der Waals surface area contributed by atoms with Gasteiger partial charge in [0.05, 0.1) is 7.11 Å². The number of hydrogen-bond acceptors (Lipinski definition) is 6. The lowest BCUT2D eigenvalue weighted by molar-refractivity contribution is -0.122. The molecule has 1 N–H and O–H groups in total. The average Bonchev–Trinajstić information content (AvgIpc) is 2.92. The van der Waals surface area contributed by atoms with Crippen molar-refractivity contribution >= 4 is 11.7 Å². The number of Topliss-reactive ketones (excluding diaryl/α,β-unsaturated/α-hetero) is 1. The molecule has 0 bridgehead atoms. The Morgan fingerprint density at radius 3 is 2.55 bits per heavy atom. The van der Waals surface area contributed by atoms with Crippen LogP contribution in [0.3, 0.4) is 0 Å². The predicted molar refractivity (Wildman–Crippen MR) is 148 cm³/mol. The van der Waals surface area contributed by atoms with Crippen LogP contribution in [0, 0.1) is 5.92 Å². The summed E-state index contributed by atoms with van der Waals surface area (Å²) in [5.74, 6) is 3.22. The number of nitrogens with zero attached hydrogens (tertiary/aromatic N) is 1. The third kappa shape index (κ3) is 8.48. The summed E-state index contributed by atoms with van der Waals surface area (Å²) < 4.78 is 16.6. The summed E-state index contributed by atoms with van der Waals surface area (Å²) in [6, 6.07) is 13.4. The lowest BCUT2D eigenvalue weighted by atomic mass is 9.98. The Kier molecular flexibility index (Phi) is 10.4. The number of hydrogen-bond donors (Lipinski definition) is 1. The maximum Gasteiger partial charge on any atom is 0.220 e. The Labute approximate surface area is 226 Å². The molecule has 0 radical (unpaired) electrons. The normalized spacial score (nSPS) is 18.0. The predicted octanol–water partition coefficient (Wildman–Crippen LogP) is 5.06. The van der Waals surface area contributed by atoms with E-state index in [0.717, 1.165) is 68.1 Å². The van der Waals surface area contributed by atoms with E-state index in [4.69, 9.17) is 14.2 Å². The van der Waals surface area contributed by atoms with Crippen LogP contribution in [-0.2, 0) is 11.2 Å². The van der Waals surface area contributed by atoms with E-state index in [0.29, 0.717) is 37.5 Å². The maximum absolute atomic E-state index is 12.9. The van der Waals surface area contributed by atoms with Crippen LogP contribution in [0.2, 0.25) is 0 Å². The molecule has 38 heavy (non-hydrogen) atoms. The average molecular weight is 523 g/mol. The summed E-state index contributed by atoms with van der Waals surface area (Å²) in [6.07, 6.45) is 6.62. The number of nitrogens with one attached hydrogen (secondary N) is 1. The van der Waals surface area contributed by atoms with Gasteiger partial charge in [-0.05, 0) is 86.5 Å². The van der Waals surface area contributed by atoms with Crippen LogP contribution in [0.5, 0.6) is 17.2 Å². The number of piperidine rings is 1. The smallest absolute Gasteiger partial charge is 0.220 e. The van der Waals surface area contributed by atoms with Crippen molar-refractivity contribution in [3.8, 4) is 17.2 Å². The molecule has 2 aromatic carbocycles. The lowest BCUT2D eigenvalue weighted by Crippen LogP contribution is -2.47. The summed E-state index contributed by atoms with van der Waals surface area (Å²) in [6.45, 7) is 6.46. The molecule has 1 unspecified atom stereocenters. The van der Waals surface area contributed by atoms with Gasteiger partial charge >= 0.3 is 0 Å². The molecule has 2 atom stereocenters. The SMILES string of the molecule is COc1ccc(C(=O)CCCCCC(=O)N[C@@H](Cc2ccc3c(c2)OCCO3)CN2CCCC(C)C2)cc1. The number of ketones is 1. The molecule has 7 nitrogen and oxygen atoms in total. The number of fused-ring (bicyclic) bond motifs is 1. The molecular weight excluding hydrogens is 480 g/mol. The molecule has 0 aromatic heterocycles. The van der Waals surface area contributed by atoms with Gasteiger partial charge in [0, 0.05) is 37.5 Å². The van der Waals surface area contributed by atoms with E-state index in [9.17, 15) is 9.59 Å². The molecule has 7 heteroatoms. The molecule has 206 valence electrons. The fourth-order valence-electron chi connectivity index (χ4n) is 5.39. The second kappa shape index (κ2) is 14.2. The third-order valence-corrected chi connectivity index (χ3v) is 7.39. The summed E-state index contributed by atoms with van der Waals surface area (Å²) in [4.78, 5) is 27.8. The van der Waals surface area contributed by atoms with Crippen LogP contribution in [0.4, 0.5) is 0 Å². The second-order valence-corrected chi connectivity index (χ2v) is 10.7. The first-order valence-electron chi connectivity index (χ1n) is 14.1. The third-order valence-electron chi connectivity index (χ3n) is 7.39. The first-order valence-corrected chi connectivity index (χ1v) is 14.1. The summed E-state index contributed by atoms with van der Waals surface area (Å²) in [7, 11) is 1.61. The fraction of sp³-hybridized carbons (Fsp3) is 0.548. The number of ether oxygens (including phenoxy) is 3. The molecule has 2 aliphatic heterocycles. The number of likely N-dealkylation sites (tertiary alicyclic amines) is 1. The van der Waals surface area contributed by atoms with Crippen molar-refractivity contribution in [2.24, 2.45) is 5.92 Å². The highest BCUT2D eigenvalue weighted by Gasteiger charge is 2.22. The number of methoxy groups -OCH3 is 1. The van der Waals surface area contributed by atoms with E-state index in [1.54, 1.807) is 19.2 Å². The zero-order chi connectivity index (χ0) is 26.7. The Hall–Kier alpha value is -3.06. The van der Waals surface area contributed by atoms with Gasteiger partial charge < -0.3 is 24.4 Å². The van der Waals surface area contributed by atoms with E-state index in [2.05, 4.69) is 23.2 Å². The number of amides is 1. The Bertz CT molecular complexity index is 1050. The van der Waals surface area contributed by atoms with Crippen molar-refractivity contribution in [1.29, 1.82) is 0 Å². The minimum atomic E-state index is 0.0343. The van der Waals surface area contributed by atoms with Crippen LogP contribution in [0.15, 0.2) is 42.5 Å². The van der Waals surface area contributed by atoms with E-state index in [1.807, 2.05) is 24.3 Å². The van der Waals surface area contributed by atoms with Crippen molar-refractivity contribution in [1.82, 2.24) is 10.2 Å². The Morgan fingerprint density at radius 1 is 1.03 bits per heavy atom. The number of unbranched alkanes of at least 4 members (excludes halogenated alkanes) is 2. The van der Waals surface area contributed by atoms with Crippen molar-refractivity contribution < 1.29 is 23.8 Å². The van der Waals surface area contributed by atoms with E-state index in [1.165, 1.54) is 12.8 Å². The lowest BCUT2D eigenvalue weighted by Gasteiger charge is -2.34. The number of benzene rings is 2. The highest BCUT2D eigenvalue weighted by Crippen LogP contribution is 2.31.